The number of aromatic nitrogens is 2. The quantitative estimate of drug-likeness (QED) is 0.759. The zero-order chi connectivity index (χ0) is 15.5. The summed E-state index contributed by atoms with van der Waals surface area (Å²) >= 11 is 1.34. The lowest BCUT2D eigenvalue weighted by molar-refractivity contribution is 0.445. The summed E-state index contributed by atoms with van der Waals surface area (Å²) in [5, 5.41) is 8.22. The summed E-state index contributed by atoms with van der Waals surface area (Å²) < 4.78 is 31.8. The van der Waals surface area contributed by atoms with Crippen molar-refractivity contribution in [1.29, 1.82) is 0 Å². The van der Waals surface area contributed by atoms with Crippen LogP contribution in [0.1, 0.15) is 13.8 Å². The van der Waals surface area contributed by atoms with Crippen molar-refractivity contribution >= 4 is 21.8 Å². The molecule has 0 N–H and O–H groups in total. The molecular formula is C13H17N3O3S2. The van der Waals surface area contributed by atoms with E-state index < -0.39 is 10.0 Å². The molecule has 0 amide bonds. The van der Waals surface area contributed by atoms with Crippen LogP contribution < -0.4 is 0 Å². The summed E-state index contributed by atoms with van der Waals surface area (Å²) in [4.78, 5) is 0.229. The number of hydrogen-bond acceptors (Lipinski definition) is 6. The van der Waals surface area contributed by atoms with E-state index in [1.165, 1.54) is 16.1 Å². The van der Waals surface area contributed by atoms with Crippen LogP contribution in [0.15, 0.2) is 38.8 Å². The summed E-state index contributed by atoms with van der Waals surface area (Å²) in [6.07, 6.45) is 1.83. The summed E-state index contributed by atoms with van der Waals surface area (Å²) in [5.41, 5.74) is 0.594. The Labute approximate surface area is 128 Å². The van der Waals surface area contributed by atoms with Crippen LogP contribution in [-0.4, -0.2) is 42.3 Å². The molecule has 6 nitrogen and oxygen atoms in total. The second-order valence-electron chi connectivity index (χ2n) is 4.19. The molecule has 0 saturated carbocycles. The summed E-state index contributed by atoms with van der Waals surface area (Å²) in [6, 6.07) is 6.56. The Bertz CT molecular complexity index is 709. The molecule has 1 aromatic carbocycles. The highest BCUT2D eigenvalue weighted by Gasteiger charge is 2.22. The second-order valence-corrected chi connectivity index (χ2v) is 6.89. The van der Waals surface area contributed by atoms with Gasteiger partial charge in [0.25, 0.3) is 5.22 Å². The number of rotatable bonds is 6. The molecule has 8 heteroatoms. The van der Waals surface area contributed by atoms with Gasteiger partial charge in [-0.25, -0.2) is 8.42 Å². The maximum Gasteiger partial charge on any atom is 0.276 e. The minimum Gasteiger partial charge on any atom is -0.411 e. The lowest BCUT2D eigenvalue weighted by atomic mass is 10.2. The van der Waals surface area contributed by atoms with Gasteiger partial charge in [-0.3, -0.25) is 0 Å². The minimum atomic E-state index is -3.49. The molecule has 0 atom stereocenters. The monoisotopic (exact) mass is 327 g/mol. The fourth-order valence-electron chi connectivity index (χ4n) is 1.91. The molecule has 0 aliphatic carbocycles. The van der Waals surface area contributed by atoms with Crippen LogP contribution in [0.3, 0.4) is 0 Å². The van der Waals surface area contributed by atoms with Gasteiger partial charge < -0.3 is 4.42 Å². The first-order valence-corrected chi connectivity index (χ1v) is 9.17. The first-order valence-electron chi connectivity index (χ1n) is 6.51. The Hall–Kier alpha value is -1.38. The van der Waals surface area contributed by atoms with Crippen LogP contribution >= 0.6 is 11.8 Å². The van der Waals surface area contributed by atoms with E-state index >= 15 is 0 Å². The van der Waals surface area contributed by atoms with Crippen molar-refractivity contribution in [1.82, 2.24) is 14.5 Å². The lowest BCUT2D eigenvalue weighted by Crippen LogP contribution is -2.30. The normalized spacial score (nSPS) is 12.0. The Morgan fingerprint density at radius 3 is 2.52 bits per heavy atom. The van der Waals surface area contributed by atoms with Crippen LogP contribution in [0, 0.1) is 0 Å². The van der Waals surface area contributed by atoms with E-state index in [0.29, 0.717) is 29.8 Å². The minimum absolute atomic E-state index is 0.229. The number of nitrogens with zero attached hydrogens (tertiary/aromatic N) is 3. The molecule has 0 fully saturated rings. The van der Waals surface area contributed by atoms with E-state index in [4.69, 9.17) is 4.42 Å². The van der Waals surface area contributed by atoms with Gasteiger partial charge in [0.1, 0.15) is 0 Å². The molecule has 0 aliphatic rings. The van der Waals surface area contributed by atoms with Crippen LogP contribution in [0.4, 0.5) is 0 Å². The molecule has 0 bridgehead atoms. The van der Waals surface area contributed by atoms with E-state index in [1.54, 1.807) is 24.3 Å². The SMILES string of the molecule is CCN(CC)S(=O)(=O)c1cccc(-c2nnc(SC)o2)c1. The maximum atomic E-state index is 12.5. The zero-order valence-corrected chi connectivity index (χ0v) is 13.7. The molecule has 2 rings (SSSR count). The number of thioether (sulfide) groups is 1. The van der Waals surface area contributed by atoms with E-state index in [-0.39, 0.29) is 4.90 Å². The Morgan fingerprint density at radius 1 is 1.24 bits per heavy atom. The molecule has 0 spiro atoms. The Morgan fingerprint density at radius 2 is 1.95 bits per heavy atom. The molecule has 114 valence electrons. The first-order chi connectivity index (χ1) is 10.0. The van der Waals surface area contributed by atoms with Crippen molar-refractivity contribution in [3.8, 4) is 11.5 Å². The molecule has 0 radical (unpaired) electrons. The Balaban J connectivity index is 2.42. The summed E-state index contributed by atoms with van der Waals surface area (Å²) in [5.74, 6) is 0.316. The zero-order valence-electron chi connectivity index (χ0n) is 12.1. The van der Waals surface area contributed by atoms with Crippen molar-refractivity contribution in [3.05, 3.63) is 24.3 Å². The second kappa shape index (κ2) is 6.59. The van der Waals surface area contributed by atoms with Crippen molar-refractivity contribution in [2.24, 2.45) is 0 Å². The molecule has 1 heterocycles. The summed E-state index contributed by atoms with van der Waals surface area (Å²) in [7, 11) is -3.49. The van der Waals surface area contributed by atoms with Crippen LogP contribution in [-0.2, 0) is 10.0 Å². The first kappa shape index (κ1) is 16.0. The fourth-order valence-corrected chi connectivity index (χ4v) is 3.70. The largest absolute Gasteiger partial charge is 0.411 e. The third-order valence-corrected chi connectivity index (χ3v) is 5.57. The Kier molecular flexibility index (Phi) is 5.02. The number of benzene rings is 1. The van der Waals surface area contributed by atoms with Crippen LogP contribution in [0.5, 0.6) is 0 Å². The maximum absolute atomic E-state index is 12.5. The van der Waals surface area contributed by atoms with Gasteiger partial charge in [-0.15, -0.1) is 10.2 Å². The average molecular weight is 327 g/mol. The smallest absolute Gasteiger partial charge is 0.276 e. The molecule has 0 aliphatic heterocycles. The molecule has 1 aromatic heterocycles. The third kappa shape index (κ3) is 3.28. The molecule has 0 unspecified atom stereocenters. The fraction of sp³-hybridized carbons (Fsp3) is 0.385. The van der Waals surface area contributed by atoms with Gasteiger partial charge in [-0.2, -0.15) is 4.31 Å². The van der Waals surface area contributed by atoms with Gasteiger partial charge in [-0.05, 0) is 24.5 Å². The highest BCUT2D eigenvalue weighted by atomic mass is 32.2. The van der Waals surface area contributed by atoms with E-state index in [9.17, 15) is 8.42 Å². The predicted molar refractivity (Wildman–Crippen MR) is 81.6 cm³/mol. The third-order valence-electron chi connectivity index (χ3n) is 3.01. The van der Waals surface area contributed by atoms with E-state index in [0.717, 1.165) is 0 Å². The number of sulfonamides is 1. The summed E-state index contributed by atoms with van der Waals surface area (Å²) in [6.45, 7) is 4.49. The van der Waals surface area contributed by atoms with Crippen molar-refractivity contribution in [2.75, 3.05) is 19.3 Å². The van der Waals surface area contributed by atoms with Crippen LogP contribution in [0.25, 0.3) is 11.5 Å². The van der Waals surface area contributed by atoms with E-state index in [1.807, 2.05) is 20.1 Å². The van der Waals surface area contributed by atoms with Crippen LogP contribution in [0.2, 0.25) is 0 Å². The van der Waals surface area contributed by atoms with Gasteiger partial charge in [0.05, 0.1) is 4.90 Å². The van der Waals surface area contributed by atoms with E-state index in [2.05, 4.69) is 10.2 Å². The molecule has 21 heavy (non-hydrogen) atoms. The van der Waals surface area contributed by atoms with Crippen molar-refractivity contribution in [2.45, 2.75) is 24.0 Å². The van der Waals surface area contributed by atoms with Gasteiger partial charge in [-0.1, -0.05) is 31.7 Å². The lowest BCUT2D eigenvalue weighted by Gasteiger charge is -2.18. The topological polar surface area (TPSA) is 76.3 Å². The van der Waals surface area contributed by atoms with Crippen molar-refractivity contribution in [3.63, 3.8) is 0 Å². The predicted octanol–water partition coefficient (Wildman–Crippen LogP) is 2.49. The number of hydrogen-bond donors (Lipinski definition) is 0. The van der Waals surface area contributed by atoms with Crippen molar-refractivity contribution < 1.29 is 12.8 Å². The van der Waals surface area contributed by atoms with Gasteiger partial charge >= 0.3 is 0 Å². The van der Waals surface area contributed by atoms with Gasteiger partial charge in [0, 0.05) is 18.7 Å². The molecular weight excluding hydrogens is 310 g/mol. The van der Waals surface area contributed by atoms with Gasteiger partial charge in [0.2, 0.25) is 15.9 Å². The highest BCUT2D eigenvalue weighted by Crippen LogP contribution is 2.25. The molecule has 0 saturated heterocycles. The molecule has 2 aromatic rings. The average Bonchev–Trinajstić information content (AvgIpc) is 2.97. The standard InChI is InChI=1S/C13H17N3O3S2/c1-4-16(5-2)21(17,18)11-8-6-7-10(9-11)12-14-15-13(19-12)20-3/h6-9H,4-5H2,1-3H3. The van der Waals surface area contributed by atoms with Gasteiger partial charge in [0.15, 0.2) is 0 Å². The highest BCUT2D eigenvalue weighted by molar-refractivity contribution is 7.98.